The van der Waals surface area contributed by atoms with E-state index in [4.69, 9.17) is 10.9 Å². The van der Waals surface area contributed by atoms with Gasteiger partial charge in [-0.1, -0.05) is 6.92 Å². The summed E-state index contributed by atoms with van der Waals surface area (Å²) in [5.74, 6) is -1.01. The minimum Gasteiger partial charge on any atom is -0.369 e. The Kier molecular flexibility index (Phi) is 5.03. The highest BCUT2D eigenvalue weighted by molar-refractivity contribution is 5.76. The summed E-state index contributed by atoms with van der Waals surface area (Å²) >= 11 is 0. The number of hydrogen-bond donors (Lipinski definition) is 3. The third-order valence-electron chi connectivity index (χ3n) is 1.65. The van der Waals surface area contributed by atoms with Crippen molar-refractivity contribution < 1.29 is 14.8 Å². The van der Waals surface area contributed by atoms with Crippen molar-refractivity contribution >= 4 is 11.8 Å². The maximum atomic E-state index is 10.5. The van der Waals surface area contributed by atoms with E-state index in [1.807, 2.05) is 0 Å². The molecule has 0 spiro atoms. The van der Waals surface area contributed by atoms with Gasteiger partial charge < -0.3 is 5.73 Å². The molecule has 1 atom stereocenters. The summed E-state index contributed by atoms with van der Waals surface area (Å²) in [4.78, 5) is 21.0. The van der Waals surface area contributed by atoms with Gasteiger partial charge in [-0.2, -0.15) is 0 Å². The monoisotopic (exact) mass is 174 g/mol. The highest BCUT2D eigenvalue weighted by Gasteiger charge is 2.08. The van der Waals surface area contributed by atoms with Crippen LogP contribution in [0.15, 0.2) is 0 Å². The van der Waals surface area contributed by atoms with Crippen molar-refractivity contribution in [2.24, 2.45) is 11.7 Å². The van der Waals surface area contributed by atoms with Crippen molar-refractivity contribution in [3.05, 3.63) is 0 Å². The Morgan fingerprint density at radius 2 is 2.17 bits per heavy atom. The summed E-state index contributed by atoms with van der Waals surface area (Å²) in [5.41, 5.74) is 6.51. The van der Waals surface area contributed by atoms with Crippen LogP contribution in [0.5, 0.6) is 0 Å². The molecule has 0 aliphatic rings. The van der Waals surface area contributed by atoms with Crippen molar-refractivity contribution in [2.75, 3.05) is 0 Å². The Hall–Kier alpha value is -1.10. The molecule has 2 amide bonds. The van der Waals surface area contributed by atoms with E-state index in [2.05, 4.69) is 0 Å². The zero-order chi connectivity index (χ0) is 9.56. The molecule has 0 aliphatic carbocycles. The summed E-state index contributed by atoms with van der Waals surface area (Å²) in [7, 11) is 0. The molecule has 0 rings (SSSR count). The lowest BCUT2D eigenvalue weighted by molar-refractivity contribution is -0.129. The number of hydrogen-bond acceptors (Lipinski definition) is 3. The standard InChI is InChI=1S/C7H14N2O3/c1-5(7(8)11)3-2-4-6(10)9-12/h5,12H,2-4H2,1H3,(H2,8,11)(H,9,10)/t5-/m1/s1. The first-order chi connectivity index (χ1) is 5.57. The second kappa shape index (κ2) is 5.54. The Labute approximate surface area is 70.9 Å². The summed E-state index contributed by atoms with van der Waals surface area (Å²) < 4.78 is 0. The largest absolute Gasteiger partial charge is 0.369 e. The molecule has 0 aromatic carbocycles. The van der Waals surface area contributed by atoms with E-state index < -0.39 is 5.91 Å². The van der Waals surface area contributed by atoms with Crippen LogP contribution in [-0.4, -0.2) is 17.0 Å². The van der Waals surface area contributed by atoms with Gasteiger partial charge in [-0.05, 0) is 12.8 Å². The van der Waals surface area contributed by atoms with Crippen LogP contribution in [0.2, 0.25) is 0 Å². The predicted octanol–water partition coefficient (Wildman–Crippen LogP) is -0.216. The van der Waals surface area contributed by atoms with Crippen LogP contribution < -0.4 is 11.2 Å². The molecule has 70 valence electrons. The van der Waals surface area contributed by atoms with Crippen molar-refractivity contribution in [1.29, 1.82) is 0 Å². The first-order valence-corrected chi connectivity index (χ1v) is 3.80. The molecule has 0 aliphatic heterocycles. The van der Waals surface area contributed by atoms with Crippen LogP contribution in [0.1, 0.15) is 26.2 Å². The van der Waals surface area contributed by atoms with Crippen LogP contribution in [-0.2, 0) is 9.59 Å². The molecule has 0 fully saturated rings. The SMILES string of the molecule is C[C@H](CCCC(=O)NO)C(N)=O. The number of nitrogens with two attached hydrogens (primary N) is 1. The van der Waals surface area contributed by atoms with E-state index in [1.54, 1.807) is 6.92 Å². The summed E-state index contributed by atoms with van der Waals surface area (Å²) in [6, 6.07) is 0. The predicted molar refractivity (Wildman–Crippen MR) is 42.1 cm³/mol. The lowest BCUT2D eigenvalue weighted by Gasteiger charge is -2.04. The van der Waals surface area contributed by atoms with Gasteiger partial charge >= 0.3 is 0 Å². The number of primary amides is 1. The normalized spacial score (nSPS) is 12.2. The van der Waals surface area contributed by atoms with E-state index >= 15 is 0 Å². The molecule has 12 heavy (non-hydrogen) atoms. The number of amides is 2. The van der Waals surface area contributed by atoms with Crippen LogP contribution in [0.3, 0.4) is 0 Å². The third kappa shape index (κ3) is 4.68. The number of hydroxylamine groups is 1. The molecule has 0 radical (unpaired) electrons. The van der Waals surface area contributed by atoms with Crippen LogP contribution in [0.4, 0.5) is 0 Å². The van der Waals surface area contributed by atoms with Gasteiger partial charge in [0.25, 0.3) is 0 Å². The van der Waals surface area contributed by atoms with E-state index in [9.17, 15) is 9.59 Å². The summed E-state index contributed by atoms with van der Waals surface area (Å²) in [6.45, 7) is 1.71. The molecule has 5 heteroatoms. The van der Waals surface area contributed by atoms with E-state index in [1.165, 1.54) is 5.48 Å². The van der Waals surface area contributed by atoms with Crippen molar-refractivity contribution in [3.63, 3.8) is 0 Å². The van der Waals surface area contributed by atoms with Gasteiger partial charge in [0.1, 0.15) is 0 Å². The maximum Gasteiger partial charge on any atom is 0.243 e. The fourth-order valence-electron chi connectivity index (χ4n) is 0.767. The molecule has 0 saturated carbocycles. The minimum absolute atomic E-state index is 0.212. The molecule has 4 N–H and O–H groups in total. The van der Waals surface area contributed by atoms with E-state index in [-0.39, 0.29) is 18.2 Å². The maximum absolute atomic E-state index is 10.5. The quantitative estimate of drug-likeness (QED) is 0.397. The molecule has 0 aromatic rings. The van der Waals surface area contributed by atoms with Gasteiger partial charge in [0.2, 0.25) is 11.8 Å². The summed E-state index contributed by atoms with van der Waals surface area (Å²) in [5, 5.41) is 8.12. The smallest absolute Gasteiger partial charge is 0.243 e. The minimum atomic E-state index is -0.438. The molecule has 0 unspecified atom stereocenters. The zero-order valence-corrected chi connectivity index (χ0v) is 7.04. The molecule has 0 saturated heterocycles. The molecule has 5 nitrogen and oxygen atoms in total. The van der Waals surface area contributed by atoms with Gasteiger partial charge in [-0.25, -0.2) is 5.48 Å². The average molecular weight is 174 g/mol. The number of rotatable bonds is 5. The molecular weight excluding hydrogens is 160 g/mol. The Morgan fingerprint density at radius 3 is 2.58 bits per heavy atom. The highest BCUT2D eigenvalue weighted by atomic mass is 16.5. The Morgan fingerprint density at radius 1 is 1.58 bits per heavy atom. The first kappa shape index (κ1) is 10.9. The van der Waals surface area contributed by atoms with E-state index in [0.717, 1.165) is 0 Å². The fraction of sp³-hybridized carbons (Fsp3) is 0.714. The summed E-state index contributed by atoms with van der Waals surface area (Å²) in [6.07, 6.45) is 1.34. The number of nitrogens with one attached hydrogen (secondary N) is 1. The van der Waals surface area contributed by atoms with Crippen LogP contribution in [0.25, 0.3) is 0 Å². The van der Waals surface area contributed by atoms with Crippen LogP contribution in [0, 0.1) is 5.92 Å². The van der Waals surface area contributed by atoms with Gasteiger partial charge in [0.05, 0.1) is 0 Å². The molecule has 0 bridgehead atoms. The van der Waals surface area contributed by atoms with Gasteiger partial charge in [0.15, 0.2) is 0 Å². The van der Waals surface area contributed by atoms with Crippen molar-refractivity contribution in [3.8, 4) is 0 Å². The number of carbonyl (C=O) groups excluding carboxylic acids is 2. The van der Waals surface area contributed by atoms with Crippen molar-refractivity contribution in [1.82, 2.24) is 5.48 Å². The third-order valence-corrected chi connectivity index (χ3v) is 1.65. The molecule has 0 heterocycles. The molecule has 0 aromatic heterocycles. The van der Waals surface area contributed by atoms with Crippen molar-refractivity contribution in [2.45, 2.75) is 26.2 Å². The van der Waals surface area contributed by atoms with Crippen LogP contribution >= 0.6 is 0 Å². The zero-order valence-electron chi connectivity index (χ0n) is 7.04. The Balaban J connectivity index is 3.43. The van der Waals surface area contributed by atoms with Gasteiger partial charge in [0, 0.05) is 12.3 Å². The highest BCUT2D eigenvalue weighted by Crippen LogP contribution is 2.06. The molecular formula is C7H14N2O3. The van der Waals surface area contributed by atoms with Gasteiger partial charge in [-0.15, -0.1) is 0 Å². The average Bonchev–Trinajstić information content (AvgIpc) is 2.03. The topological polar surface area (TPSA) is 92.4 Å². The second-order valence-electron chi connectivity index (χ2n) is 2.73. The first-order valence-electron chi connectivity index (χ1n) is 3.80. The second-order valence-corrected chi connectivity index (χ2v) is 2.73. The van der Waals surface area contributed by atoms with Gasteiger partial charge in [-0.3, -0.25) is 14.8 Å². The Bertz CT molecular complexity index is 170. The fourth-order valence-corrected chi connectivity index (χ4v) is 0.767. The van der Waals surface area contributed by atoms with E-state index in [0.29, 0.717) is 12.8 Å². The lowest BCUT2D eigenvalue weighted by atomic mass is 10.0. The lowest BCUT2D eigenvalue weighted by Crippen LogP contribution is -2.22. The number of carbonyl (C=O) groups is 2.